The number of aromatic nitrogens is 3. The number of Topliss-reactive ketones (excluding diaryl/α,β-unsaturated/α-hetero) is 1. The van der Waals surface area contributed by atoms with Crippen LogP contribution < -0.4 is 0 Å². The molecular weight excluding hydrogens is 260 g/mol. The minimum atomic E-state index is -0.873. The van der Waals surface area contributed by atoms with Crippen LogP contribution in [0.15, 0.2) is 11.4 Å². The van der Waals surface area contributed by atoms with Crippen LogP contribution in [0.1, 0.15) is 52.6 Å². The minimum absolute atomic E-state index is 0.261. The lowest BCUT2D eigenvalue weighted by Gasteiger charge is -2.01. The number of nitrogens with zero attached hydrogens (tertiary/aromatic N) is 3. The fraction of sp³-hybridized carbons (Fsp3) is 0.385. The second-order valence-electron chi connectivity index (χ2n) is 4.62. The molecule has 0 saturated carbocycles. The van der Waals surface area contributed by atoms with Crippen LogP contribution in [-0.4, -0.2) is 21.0 Å². The SMILES string of the molecule is Cc1csc(C(C#N)C(=O)c2cc(C(C)C)[nH]n2)n1. The maximum absolute atomic E-state index is 12.3. The smallest absolute Gasteiger partial charge is 0.207 e. The van der Waals surface area contributed by atoms with Crippen LogP contribution in [0.4, 0.5) is 0 Å². The van der Waals surface area contributed by atoms with Gasteiger partial charge in [-0.1, -0.05) is 13.8 Å². The van der Waals surface area contributed by atoms with Crippen LogP contribution in [0.25, 0.3) is 0 Å². The Morgan fingerprint density at radius 3 is 2.74 bits per heavy atom. The molecule has 0 aromatic carbocycles. The van der Waals surface area contributed by atoms with Gasteiger partial charge in [0.05, 0.1) is 6.07 Å². The van der Waals surface area contributed by atoms with Crippen molar-refractivity contribution in [3.63, 3.8) is 0 Å². The Kier molecular flexibility index (Phi) is 3.76. The number of aryl methyl sites for hydroxylation is 1. The third kappa shape index (κ3) is 2.71. The Labute approximate surface area is 115 Å². The van der Waals surface area contributed by atoms with Gasteiger partial charge >= 0.3 is 0 Å². The fourth-order valence-electron chi connectivity index (χ4n) is 1.64. The van der Waals surface area contributed by atoms with Crippen molar-refractivity contribution in [2.75, 3.05) is 0 Å². The molecule has 2 aromatic rings. The summed E-state index contributed by atoms with van der Waals surface area (Å²) in [6.07, 6.45) is 0. The highest BCUT2D eigenvalue weighted by molar-refractivity contribution is 7.10. The molecule has 0 radical (unpaired) electrons. The van der Waals surface area contributed by atoms with E-state index in [9.17, 15) is 10.1 Å². The van der Waals surface area contributed by atoms with E-state index in [1.165, 1.54) is 11.3 Å². The zero-order chi connectivity index (χ0) is 14.0. The molecule has 6 heteroatoms. The number of aromatic amines is 1. The Morgan fingerprint density at radius 1 is 1.53 bits per heavy atom. The van der Waals surface area contributed by atoms with E-state index >= 15 is 0 Å². The number of rotatable bonds is 4. The van der Waals surface area contributed by atoms with Crippen molar-refractivity contribution >= 4 is 17.1 Å². The Bertz CT molecular complexity index is 635. The van der Waals surface area contributed by atoms with Crippen LogP contribution in [0.2, 0.25) is 0 Å². The molecule has 0 amide bonds. The normalized spacial score (nSPS) is 12.4. The number of nitriles is 1. The summed E-state index contributed by atoms with van der Waals surface area (Å²) in [4.78, 5) is 16.5. The minimum Gasteiger partial charge on any atom is -0.290 e. The number of thiazole rings is 1. The Balaban J connectivity index is 2.28. The lowest BCUT2D eigenvalue weighted by molar-refractivity contribution is 0.0974. The van der Waals surface area contributed by atoms with Gasteiger partial charge in [0.25, 0.3) is 0 Å². The van der Waals surface area contributed by atoms with Crippen molar-refractivity contribution in [2.45, 2.75) is 32.6 Å². The number of hydrogen-bond donors (Lipinski definition) is 1. The molecule has 0 aliphatic rings. The monoisotopic (exact) mass is 274 g/mol. The third-order valence-electron chi connectivity index (χ3n) is 2.75. The number of ketones is 1. The van der Waals surface area contributed by atoms with Crippen LogP contribution in [0.3, 0.4) is 0 Å². The summed E-state index contributed by atoms with van der Waals surface area (Å²) >= 11 is 1.33. The van der Waals surface area contributed by atoms with Gasteiger partial charge in [0.15, 0.2) is 5.92 Å². The molecule has 98 valence electrons. The van der Waals surface area contributed by atoms with Gasteiger partial charge < -0.3 is 0 Å². The van der Waals surface area contributed by atoms with Gasteiger partial charge in [-0.15, -0.1) is 11.3 Å². The standard InChI is InChI=1S/C13H14N4OS/c1-7(2)10-4-11(17-16-10)12(18)9(5-14)13-15-8(3)6-19-13/h4,6-7,9H,1-3H3,(H,16,17). The van der Waals surface area contributed by atoms with Crippen molar-refractivity contribution in [3.8, 4) is 6.07 Å². The molecule has 0 saturated heterocycles. The van der Waals surface area contributed by atoms with Crippen molar-refractivity contribution in [3.05, 3.63) is 33.5 Å². The summed E-state index contributed by atoms with van der Waals surface area (Å²) < 4.78 is 0. The molecule has 2 heterocycles. The predicted molar refractivity (Wildman–Crippen MR) is 72.2 cm³/mol. The highest BCUT2D eigenvalue weighted by Gasteiger charge is 2.26. The first-order chi connectivity index (χ1) is 9.02. The maximum Gasteiger partial charge on any atom is 0.207 e. The molecule has 0 aliphatic heterocycles. The lowest BCUT2D eigenvalue weighted by atomic mass is 10.0. The molecule has 0 bridgehead atoms. The highest BCUT2D eigenvalue weighted by atomic mass is 32.1. The van der Waals surface area contributed by atoms with Gasteiger partial charge in [-0.2, -0.15) is 10.4 Å². The van der Waals surface area contributed by atoms with E-state index in [4.69, 9.17) is 0 Å². The first-order valence-corrected chi connectivity index (χ1v) is 6.82. The average molecular weight is 274 g/mol. The number of nitrogens with one attached hydrogen (secondary N) is 1. The van der Waals surface area contributed by atoms with Gasteiger partial charge in [0, 0.05) is 16.8 Å². The fourth-order valence-corrected chi connectivity index (χ4v) is 2.47. The number of H-pyrrole nitrogens is 1. The quantitative estimate of drug-likeness (QED) is 0.869. The van der Waals surface area contributed by atoms with E-state index in [-0.39, 0.29) is 11.7 Å². The van der Waals surface area contributed by atoms with E-state index in [1.54, 1.807) is 6.07 Å². The number of carbonyl (C=O) groups excluding carboxylic acids is 1. The van der Waals surface area contributed by atoms with Crippen LogP contribution in [0, 0.1) is 18.3 Å². The van der Waals surface area contributed by atoms with Crippen molar-refractivity contribution in [2.24, 2.45) is 0 Å². The van der Waals surface area contributed by atoms with Crippen molar-refractivity contribution < 1.29 is 4.79 Å². The summed E-state index contributed by atoms with van der Waals surface area (Å²) in [5.74, 6) is -0.918. The average Bonchev–Trinajstić information content (AvgIpc) is 2.99. The molecule has 5 nitrogen and oxygen atoms in total. The van der Waals surface area contributed by atoms with Crippen molar-refractivity contribution in [1.82, 2.24) is 15.2 Å². The van der Waals surface area contributed by atoms with E-state index in [0.717, 1.165) is 11.4 Å². The Morgan fingerprint density at radius 2 is 2.26 bits per heavy atom. The van der Waals surface area contributed by atoms with Gasteiger partial charge in [-0.05, 0) is 18.9 Å². The number of carbonyl (C=O) groups is 1. The summed E-state index contributed by atoms with van der Waals surface area (Å²) in [6.45, 7) is 5.85. The molecular formula is C13H14N4OS. The molecule has 1 unspecified atom stereocenters. The molecule has 0 aliphatic carbocycles. The van der Waals surface area contributed by atoms with Gasteiger partial charge in [0.1, 0.15) is 10.7 Å². The molecule has 0 fully saturated rings. The zero-order valence-electron chi connectivity index (χ0n) is 11.0. The molecule has 2 rings (SSSR count). The summed E-state index contributed by atoms with van der Waals surface area (Å²) in [5.41, 5.74) is 2.00. The lowest BCUT2D eigenvalue weighted by Crippen LogP contribution is -2.11. The molecule has 1 atom stereocenters. The first kappa shape index (κ1) is 13.4. The Hall–Kier alpha value is -2.00. The molecule has 19 heavy (non-hydrogen) atoms. The van der Waals surface area contributed by atoms with E-state index < -0.39 is 5.92 Å². The second-order valence-corrected chi connectivity index (χ2v) is 5.51. The van der Waals surface area contributed by atoms with Crippen LogP contribution in [-0.2, 0) is 0 Å². The predicted octanol–water partition coefficient (Wildman–Crippen LogP) is 2.79. The van der Waals surface area contributed by atoms with E-state index in [0.29, 0.717) is 10.7 Å². The van der Waals surface area contributed by atoms with Crippen molar-refractivity contribution in [1.29, 1.82) is 5.26 Å². The number of hydrogen-bond acceptors (Lipinski definition) is 5. The maximum atomic E-state index is 12.3. The van der Waals surface area contributed by atoms with Gasteiger partial charge in [-0.3, -0.25) is 9.89 Å². The summed E-state index contributed by atoms with van der Waals surface area (Å²) in [6, 6.07) is 3.72. The largest absolute Gasteiger partial charge is 0.290 e. The summed E-state index contributed by atoms with van der Waals surface area (Å²) in [5, 5.41) is 18.4. The zero-order valence-corrected chi connectivity index (χ0v) is 11.8. The first-order valence-electron chi connectivity index (χ1n) is 5.94. The second kappa shape index (κ2) is 5.33. The van der Waals surface area contributed by atoms with Crippen LogP contribution >= 0.6 is 11.3 Å². The third-order valence-corrected chi connectivity index (χ3v) is 3.77. The van der Waals surface area contributed by atoms with E-state index in [1.807, 2.05) is 32.2 Å². The molecule has 0 spiro atoms. The van der Waals surface area contributed by atoms with Gasteiger partial charge in [0.2, 0.25) is 5.78 Å². The molecule has 1 N–H and O–H groups in total. The van der Waals surface area contributed by atoms with Gasteiger partial charge in [-0.25, -0.2) is 4.98 Å². The molecule has 2 aromatic heterocycles. The topological polar surface area (TPSA) is 82.4 Å². The summed E-state index contributed by atoms with van der Waals surface area (Å²) in [7, 11) is 0. The van der Waals surface area contributed by atoms with E-state index in [2.05, 4.69) is 15.2 Å². The highest BCUT2D eigenvalue weighted by Crippen LogP contribution is 2.24. The van der Waals surface area contributed by atoms with Crippen LogP contribution in [0.5, 0.6) is 0 Å².